The van der Waals surface area contributed by atoms with Crippen molar-refractivity contribution in [3.05, 3.63) is 229 Å². The molecular formula is C56H34N4O. The van der Waals surface area contributed by atoms with Gasteiger partial charge in [0.1, 0.15) is 17.3 Å². The summed E-state index contributed by atoms with van der Waals surface area (Å²) in [5, 5.41) is 4.89. The third kappa shape index (κ3) is 4.21. The van der Waals surface area contributed by atoms with E-state index in [1.807, 2.05) is 0 Å². The fraction of sp³-hybridized carbons (Fsp3) is 0.0179. The zero-order valence-corrected chi connectivity index (χ0v) is 32.8. The van der Waals surface area contributed by atoms with Gasteiger partial charge in [-0.15, -0.1) is 0 Å². The van der Waals surface area contributed by atoms with Gasteiger partial charge in [-0.3, -0.25) is 4.57 Å². The summed E-state index contributed by atoms with van der Waals surface area (Å²) < 4.78 is 14.2. The number of benzene rings is 9. The summed E-state index contributed by atoms with van der Waals surface area (Å²) in [6.07, 6.45) is 0. The van der Waals surface area contributed by atoms with E-state index in [1.54, 1.807) is 0 Å². The Morgan fingerprint density at radius 2 is 1.00 bits per heavy atom. The molecule has 284 valence electrons. The number of ether oxygens (including phenoxy) is 1. The minimum Gasteiger partial charge on any atom is -0.457 e. The lowest BCUT2D eigenvalue weighted by Gasteiger charge is -2.45. The fourth-order valence-electron chi connectivity index (χ4n) is 10.9. The molecule has 5 heterocycles. The third-order valence-corrected chi connectivity index (χ3v) is 13.3. The Bertz CT molecular complexity index is 3800. The van der Waals surface area contributed by atoms with Gasteiger partial charge >= 0.3 is 0 Å². The molecule has 14 rings (SSSR count). The van der Waals surface area contributed by atoms with Crippen molar-refractivity contribution in [1.29, 1.82) is 0 Å². The highest BCUT2D eigenvalue weighted by Crippen LogP contribution is 2.61. The Hall–Kier alpha value is -8.15. The van der Waals surface area contributed by atoms with Gasteiger partial charge in [0.2, 0.25) is 0 Å². The Morgan fingerprint density at radius 3 is 1.84 bits per heavy atom. The molecule has 2 aliphatic rings. The number of fused-ring (bicyclic) bond motifs is 15. The monoisotopic (exact) mass is 778 g/mol. The maximum atomic E-state index is 7.09. The highest BCUT2D eigenvalue weighted by Gasteiger charge is 2.50. The van der Waals surface area contributed by atoms with Crippen molar-refractivity contribution in [2.75, 3.05) is 0 Å². The van der Waals surface area contributed by atoms with E-state index in [0.717, 1.165) is 67.5 Å². The standard InChI is InChI=1S/C56H34N4O/c1-2-15-36(16-3-1)59-50-27-12-8-23-46(50)57-55(59)35-29-31-37(32-30-35)58-47-24-9-5-18-39(47)41-33-45-53(34-51(41)58)61-52-28-13-7-21-43(52)56(45)42-20-6-11-26-49(42)60-48-25-10-4-17-38(48)40-19-14-22-44(56)54(40)60/h1-34H. The molecule has 0 bridgehead atoms. The van der Waals surface area contributed by atoms with Crippen molar-refractivity contribution in [3.8, 4) is 39.9 Å². The van der Waals surface area contributed by atoms with E-state index >= 15 is 0 Å². The first kappa shape index (κ1) is 32.8. The van der Waals surface area contributed by atoms with Crippen molar-refractivity contribution < 1.29 is 4.74 Å². The van der Waals surface area contributed by atoms with Crippen LogP contribution in [0.5, 0.6) is 11.5 Å². The van der Waals surface area contributed by atoms with Gasteiger partial charge in [-0.05, 0) is 90.0 Å². The molecule has 3 aromatic heterocycles. The topological polar surface area (TPSA) is 36.9 Å². The summed E-state index contributed by atoms with van der Waals surface area (Å²) in [6, 6.07) is 74.5. The van der Waals surface area contributed by atoms with Crippen molar-refractivity contribution in [3.63, 3.8) is 0 Å². The first-order valence-corrected chi connectivity index (χ1v) is 20.9. The molecule has 5 nitrogen and oxygen atoms in total. The second kappa shape index (κ2) is 12.0. The van der Waals surface area contributed by atoms with E-state index in [2.05, 4.69) is 220 Å². The van der Waals surface area contributed by atoms with E-state index in [0.29, 0.717) is 0 Å². The molecule has 0 aliphatic carbocycles. The summed E-state index contributed by atoms with van der Waals surface area (Å²) in [4.78, 5) is 5.15. The molecule has 2 aliphatic heterocycles. The summed E-state index contributed by atoms with van der Waals surface area (Å²) >= 11 is 0. The second-order valence-corrected chi connectivity index (χ2v) is 16.3. The lowest BCUT2D eigenvalue weighted by Crippen LogP contribution is -2.37. The molecule has 1 atom stereocenters. The predicted octanol–water partition coefficient (Wildman–Crippen LogP) is 13.7. The summed E-state index contributed by atoms with van der Waals surface area (Å²) in [5.74, 6) is 2.65. The maximum absolute atomic E-state index is 7.09. The zero-order valence-electron chi connectivity index (χ0n) is 32.8. The van der Waals surface area contributed by atoms with Crippen LogP contribution in [0.25, 0.3) is 83.1 Å². The van der Waals surface area contributed by atoms with E-state index < -0.39 is 5.41 Å². The van der Waals surface area contributed by atoms with Gasteiger partial charge in [0.15, 0.2) is 0 Å². The molecule has 5 heteroatoms. The summed E-state index contributed by atoms with van der Waals surface area (Å²) in [6.45, 7) is 0. The van der Waals surface area contributed by atoms with Crippen LogP contribution in [0, 0.1) is 0 Å². The van der Waals surface area contributed by atoms with Crippen LogP contribution in [0.15, 0.2) is 206 Å². The first-order chi connectivity index (χ1) is 30.3. The number of imidazole rings is 1. The van der Waals surface area contributed by atoms with Crippen LogP contribution in [0.1, 0.15) is 22.3 Å². The molecule has 12 aromatic rings. The summed E-state index contributed by atoms with van der Waals surface area (Å²) in [5.41, 5.74) is 15.3. The van der Waals surface area contributed by atoms with Gasteiger partial charge in [-0.1, -0.05) is 121 Å². The average molecular weight is 779 g/mol. The molecule has 0 amide bonds. The molecule has 1 unspecified atom stereocenters. The van der Waals surface area contributed by atoms with Gasteiger partial charge in [-0.2, -0.15) is 0 Å². The van der Waals surface area contributed by atoms with Gasteiger partial charge in [0.25, 0.3) is 0 Å². The number of aromatic nitrogens is 4. The van der Waals surface area contributed by atoms with Crippen LogP contribution >= 0.6 is 0 Å². The summed E-state index contributed by atoms with van der Waals surface area (Å²) in [7, 11) is 0. The highest BCUT2D eigenvalue weighted by molar-refractivity contribution is 6.13. The van der Waals surface area contributed by atoms with Crippen molar-refractivity contribution >= 4 is 54.6 Å². The van der Waals surface area contributed by atoms with E-state index in [-0.39, 0.29) is 0 Å². The van der Waals surface area contributed by atoms with Gasteiger partial charge < -0.3 is 13.9 Å². The molecule has 0 saturated heterocycles. The normalized spacial score (nSPS) is 15.1. The Balaban J connectivity index is 1.03. The van der Waals surface area contributed by atoms with E-state index in [1.165, 1.54) is 49.4 Å². The lowest BCUT2D eigenvalue weighted by atomic mass is 9.61. The molecule has 0 fully saturated rings. The molecule has 0 N–H and O–H groups in total. The lowest BCUT2D eigenvalue weighted by molar-refractivity contribution is 0.434. The van der Waals surface area contributed by atoms with Crippen LogP contribution < -0.4 is 4.74 Å². The minimum absolute atomic E-state index is 0.645. The Morgan fingerprint density at radius 1 is 0.377 bits per heavy atom. The predicted molar refractivity (Wildman–Crippen MR) is 247 cm³/mol. The SMILES string of the molecule is c1ccc(-n2c(-c3ccc(-n4c5ccccc5c5cc6c(cc54)Oc4ccccc4C64c5ccccc5-n5c6ccccc6c6cccc4c65)cc3)nc3ccccc32)cc1. The number of rotatable bonds is 3. The molecule has 0 radical (unpaired) electrons. The van der Waals surface area contributed by atoms with Crippen LogP contribution in [0.2, 0.25) is 0 Å². The van der Waals surface area contributed by atoms with E-state index in [9.17, 15) is 0 Å². The van der Waals surface area contributed by atoms with Crippen LogP contribution in [-0.2, 0) is 5.41 Å². The maximum Gasteiger partial charge on any atom is 0.145 e. The number of hydrogen-bond donors (Lipinski definition) is 0. The molecule has 61 heavy (non-hydrogen) atoms. The quantitative estimate of drug-likeness (QED) is 0.179. The van der Waals surface area contributed by atoms with Crippen molar-refractivity contribution in [2.24, 2.45) is 0 Å². The van der Waals surface area contributed by atoms with Crippen molar-refractivity contribution in [1.82, 2.24) is 18.7 Å². The first-order valence-electron chi connectivity index (χ1n) is 20.9. The molecule has 9 aromatic carbocycles. The fourth-order valence-corrected chi connectivity index (χ4v) is 10.9. The molecule has 1 spiro atoms. The number of nitrogens with zero attached hydrogens (tertiary/aromatic N) is 4. The van der Waals surface area contributed by atoms with Gasteiger partial charge in [-0.25, -0.2) is 4.98 Å². The van der Waals surface area contributed by atoms with Gasteiger partial charge in [0, 0.05) is 55.7 Å². The Kier molecular flexibility index (Phi) is 6.43. The molecule has 0 saturated carbocycles. The van der Waals surface area contributed by atoms with Crippen LogP contribution in [0.3, 0.4) is 0 Å². The van der Waals surface area contributed by atoms with Crippen LogP contribution in [0.4, 0.5) is 0 Å². The highest BCUT2D eigenvalue weighted by atomic mass is 16.5. The average Bonchev–Trinajstić information content (AvgIpc) is 3.99. The smallest absolute Gasteiger partial charge is 0.145 e. The Labute approximate surface area is 350 Å². The largest absolute Gasteiger partial charge is 0.457 e. The minimum atomic E-state index is -0.645. The second-order valence-electron chi connectivity index (χ2n) is 16.3. The van der Waals surface area contributed by atoms with Crippen molar-refractivity contribution in [2.45, 2.75) is 5.41 Å². The van der Waals surface area contributed by atoms with Crippen LogP contribution in [-0.4, -0.2) is 18.7 Å². The van der Waals surface area contributed by atoms with Gasteiger partial charge in [0.05, 0.1) is 44.2 Å². The zero-order chi connectivity index (χ0) is 39.8. The molecular weight excluding hydrogens is 745 g/mol. The number of para-hydroxylation sites is 8. The van der Waals surface area contributed by atoms with E-state index in [4.69, 9.17) is 9.72 Å². The number of hydrogen-bond acceptors (Lipinski definition) is 2. The third-order valence-electron chi connectivity index (χ3n) is 13.3.